The van der Waals surface area contributed by atoms with Crippen LogP contribution >= 0.6 is 11.6 Å². The highest BCUT2D eigenvalue weighted by Crippen LogP contribution is 2.35. The number of rotatable bonds is 8. The van der Waals surface area contributed by atoms with Gasteiger partial charge in [0.2, 0.25) is 5.91 Å². The molecule has 1 fully saturated rings. The molecular weight excluding hydrogens is 499 g/mol. The summed E-state index contributed by atoms with van der Waals surface area (Å²) >= 11 is 6.50. The lowest BCUT2D eigenvalue weighted by atomic mass is 10.0. The van der Waals surface area contributed by atoms with E-state index in [9.17, 15) is 28.0 Å². The fourth-order valence-electron chi connectivity index (χ4n) is 3.56. The lowest BCUT2D eigenvalue weighted by Gasteiger charge is -2.26. The van der Waals surface area contributed by atoms with E-state index >= 15 is 0 Å². The molecule has 2 aromatic carbocycles. The van der Waals surface area contributed by atoms with E-state index in [1.54, 1.807) is 18.2 Å². The van der Waals surface area contributed by atoms with Crippen molar-refractivity contribution in [2.45, 2.75) is 56.5 Å². The minimum atomic E-state index is -4.85. The number of nitrogens with one attached hydrogen (secondary N) is 2. The molecule has 1 aliphatic rings. The van der Waals surface area contributed by atoms with E-state index in [-0.39, 0.29) is 10.6 Å². The molecule has 2 aromatic rings. The summed E-state index contributed by atoms with van der Waals surface area (Å²) in [4.78, 5) is 26.1. The van der Waals surface area contributed by atoms with E-state index in [0.29, 0.717) is 30.0 Å². The van der Waals surface area contributed by atoms with Crippen molar-refractivity contribution in [2.75, 3.05) is 0 Å². The van der Waals surface area contributed by atoms with Gasteiger partial charge in [-0.05, 0) is 42.6 Å². The molecule has 0 bridgehead atoms. The summed E-state index contributed by atoms with van der Waals surface area (Å²) in [6.45, 7) is 6.17. The number of alkyl halides is 3. The fraction of sp³-hybridized carbons (Fsp3) is 0.375. The Bertz CT molecular complexity index is 1170. The van der Waals surface area contributed by atoms with Gasteiger partial charge in [0.15, 0.2) is 0 Å². The van der Waals surface area contributed by atoms with Crippen LogP contribution in [0, 0.1) is 11.3 Å². The largest absolute Gasteiger partial charge is 0.573 e. The second-order valence-corrected chi connectivity index (χ2v) is 15.6. The van der Waals surface area contributed by atoms with Crippen molar-refractivity contribution >= 4 is 31.5 Å². The molecule has 0 spiro atoms. The highest BCUT2D eigenvalue weighted by Gasteiger charge is 2.46. The number of nitrogens with zero attached hydrogens (tertiary/aromatic N) is 1. The SMILES string of the molecule is C[Si](C)(C)CC(NC(=O)c1cccc(-c2cccc(OC(F)(F)F)c2)c1Cl)C(=O)NC1(C#N)CC1. The average Bonchev–Trinajstić information content (AvgIpc) is 3.51. The lowest BCUT2D eigenvalue weighted by molar-refractivity contribution is -0.274. The van der Waals surface area contributed by atoms with Gasteiger partial charge in [-0.1, -0.05) is 55.5 Å². The number of ether oxygens (including phenoxy) is 1. The van der Waals surface area contributed by atoms with Crippen LogP contribution in [0.15, 0.2) is 42.5 Å². The standard InChI is InChI=1S/C24H25ClF3N3O3Si/c1-35(2,3)13-19(22(33)31-23(14-29)10-11-23)30-21(32)18-9-5-8-17(20(18)25)15-6-4-7-16(12-15)34-24(26,27)28/h4-9,12,19H,10-11,13H2,1-3H3,(H,30,32)(H,31,33). The third-order valence-electron chi connectivity index (χ3n) is 5.39. The molecule has 2 amide bonds. The van der Waals surface area contributed by atoms with Crippen molar-refractivity contribution in [1.82, 2.24) is 10.6 Å². The normalized spacial score (nSPS) is 15.5. The molecule has 0 radical (unpaired) electrons. The fourth-order valence-corrected chi connectivity index (χ4v) is 5.39. The van der Waals surface area contributed by atoms with Gasteiger partial charge in [0, 0.05) is 13.6 Å². The van der Waals surface area contributed by atoms with Gasteiger partial charge in [-0.2, -0.15) is 5.26 Å². The summed E-state index contributed by atoms with van der Waals surface area (Å²) in [7, 11) is -1.82. The van der Waals surface area contributed by atoms with E-state index in [0.717, 1.165) is 6.07 Å². The van der Waals surface area contributed by atoms with Gasteiger partial charge in [0.25, 0.3) is 5.91 Å². The van der Waals surface area contributed by atoms with Gasteiger partial charge in [0.1, 0.15) is 17.3 Å². The summed E-state index contributed by atoms with van der Waals surface area (Å²) < 4.78 is 41.8. The van der Waals surface area contributed by atoms with Gasteiger partial charge < -0.3 is 15.4 Å². The molecular formula is C24H25ClF3N3O3Si. The second kappa shape index (κ2) is 9.91. The van der Waals surface area contributed by atoms with Crippen LogP contribution in [0.5, 0.6) is 5.75 Å². The smallest absolute Gasteiger partial charge is 0.406 e. The van der Waals surface area contributed by atoms with Crippen LogP contribution < -0.4 is 15.4 Å². The highest BCUT2D eigenvalue weighted by molar-refractivity contribution is 6.76. The molecule has 0 aromatic heterocycles. The Balaban J connectivity index is 1.86. The molecule has 0 aliphatic heterocycles. The Morgan fingerprint density at radius 3 is 2.43 bits per heavy atom. The van der Waals surface area contributed by atoms with Gasteiger partial charge in [-0.15, -0.1) is 13.2 Å². The zero-order chi connectivity index (χ0) is 26.0. The predicted molar refractivity (Wildman–Crippen MR) is 129 cm³/mol. The number of amides is 2. The van der Waals surface area contributed by atoms with Crippen molar-refractivity contribution in [3.8, 4) is 22.9 Å². The summed E-state index contributed by atoms with van der Waals surface area (Å²) in [5.41, 5.74) is -0.145. The molecule has 1 unspecified atom stereocenters. The third kappa shape index (κ3) is 7.23. The third-order valence-corrected chi connectivity index (χ3v) is 7.43. The van der Waals surface area contributed by atoms with Crippen LogP contribution in [-0.4, -0.2) is 37.8 Å². The maximum absolute atomic E-state index is 13.2. The molecule has 3 rings (SSSR count). The Labute approximate surface area is 207 Å². The molecule has 35 heavy (non-hydrogen) atoms. The lowest BCUT2D eigenvalue weighted by Crippen LogP contribution is -2.52. The number of benzene rings is 2. The number of halogens is 4. The van der Waals surface area contributed by atoms with Crippen LogP contribution in [0.1, 0.15) is 23.2 Å². The van der Waals surface area contributed by atoms with E-state index in [1.807, 2.05) is 0 Å². The highest BCUT2D eigenvalue weighted by atomic mass is 35.5. The van der Waals surface area contributed by atoms with Gasteiger partial charge in [0.05, 0.1) is 16.7 Å². The van der Waals surface area contributed by atoms with E-state index in [1.165, 1.54) is 18.2 Å². The van der Waals surface area contributed by atoms with Gasteiger partial charge >= 0.3 is 6.36 Å². The van der Waals surface area contributed by atoms with Crippen LogP contribution in [0.3, 0.4) is 0 Å². The van der Waals surface area contributed by atoms with Crippen molar-refractivity contribution < 1.29 is 27.5 Å². The molecule has 1 saturated carbocycles. The van der Waals surface area contributed by atoms with Crippen molar-refractivity contribution in [1.29, 1.82) is 5.26 Å². The Morgan fingerprint density at radius 2 is 1.86 bits per heavy atom. The van der Waals surface area contributed by atoms with Crippen molar-refractivity contribution in [2.24, 2.45) is 0 Å². The number of hydrogen-bond donors (Lipinski definition) is 2. The summed E-state index contributed by atoms with van der Waals surface area (Å²) in [6.07, 6.45) is -3.72. The molecule has 0 saturated heterocycles. The van der Waals surface area contributed by atoms with Crippen LogP contribution in [-0.2, 0) is 4.79 Å². The van der Waals surface area contributed by atoms with Gasteiger partial charge in [-0.3, -0.25) is 9.59 Å². The Kier molecular flexibility index (Phi) is 7.52. The summed E-state index contributed by atoms with van der Waals surface area (Å²) in [5, 5.41) is 14.8. The van der Waals surface area contributed by atoms with Crippen molar-refractivity contribution in [3.63, 3.8) is 0 Å². The minimum Gasteiger partial charge on any atom is -0.406 e. The molecule has 1 atom stereocenters. The first-order chi connectivity index (χ1) is 16.2. The maximum atomic E-state index is 13.2. The van der Waals surface area contributed by atoms with Crippen LogP contribution in [0.4, 0.5) is 13.2 Å². The van der Waals surface area contributed by atoms with E-state index < -0.39 is 43.6 Å². The second-order valence-electron chi connectivity index (χ2n) is 9.72. The van der Waals surface area contributed by atoms with E-state index in [4.69, 9.17) is 11.6 Å². The molecule has 0 heterocycles. The monoisotopic (exact) mass is 523 g/mol. The first kappa shape index (κ1) is 26.6. The number of hydrogen-bond acceptors (Lipinski definition) is 4. The van der Waals surface area contributed by atoms with E-state index in [2.05, 4.69) is 41.1 Å². The number of carbonyl (C=O) groups is 2. The molecule has 6 nitrogen and oxygen atoms in total. The summed E-state index contributed by atoms with van der Waals surface area (Å²) in [5.74, 6) is -1.44. The molecule has 11 heteroatoms. The first-order valence-electron chi connectivity index (χ1n) is 10.9. The van der Waals surface area contributed by atoms with Crippen LogP contribution in [0.25, 0.3) is 11.1 Å². The minimum absolute atomic E-state index is 0.0250. The number of nitriles is 1. The zero-order valence-corrected chi connectivity index (χ0v) is 21.2. The Morgan fingerprint density at radius 1 is 1.20 bits per heavy atom. The van der Waals surface area contributed by atoms with Crippen LogP contribution in [0.2, 0.25) is 30.7 Å². The maximum Gasteiger partial charge on any atom is 0.573 e. The number of carbonyl (C=O) groups excluding carboxylic acids is 2. The molecule has 186 valence electrons. The Hall–Kier alpha value is -3.03. The average molecular weight is 524 g/mol. The predicted octanol–water partition coefficient (Wildman–Crippen LogP) is 5.51. The quantitative estimate of drug-likeness (QED) is 0.446. The molecule has 1 aliphatic carbocycles. The topological polar surface area (TPSA) is 91.2 Å². The molecule has 2 N–H and O–H groups in total. The zero-order valence-electron chi connectivity index (χ0n) is 19.4. The summed E-state index contributed by atoms with van der Waals surface area (Å²) in [6, 6.07) is 11.6. The first-order valence-corrected chi connectivity index (χ1v) is 15.0. The van der Waals surface area contributed by atoms with Crippen molar-refractivity contribution in [3.05, 3.63) is 53.1 Å². The van der Waals surface area contributed by atoms with Gasteiger partial charge in [-0.25, -0.2) is 0 Å².